The number of nitrogens with one attached hydrogen (secondary N) is 2. The number of anilines is 1. The van der Waals surface area contributed by atoms with Crippen LogP contribution in [-0.2, 0) is 0 Å². The average Bonchev–Trinajstić information content (AvgIpc) is 2.74. The molecule has 29 heavy (non-hydrogen) atoms. The lowest BCUT2D eigenvalue weighted by molar-refractivity contribution is 0.0692. The van der Waals surface area contributed by atoms with Crippen molar-refractivity contribution in [1.82, 2.24) is 5.32 Å². The summed E-state index contributed by atoms with van der Waals surface area (Å²) in [6.45, 7) is 1.90. The molecule has 3 aromatic rings. The predicted octanol–water partition coefficient (Wildman–Crippen LogP) is 4.13. The van der Waals surface area contributed by atoms with E-state index in [1.165, 1.54) is 12.1 Å². The summed E-state index contributed by atoms with van der Waals surface area (Å²) in [6.07, 6.45) is 0. The Balaban J connectivity index is 1.66. The van der Waals surface area contributed by atoms with Gasteiger partial charge in [-0.15, -0.1) is 0 Å². The van der Waals surface area contributed by atoms with E-state index in [2.05, 4.69) is 10.6 Å². The van der Waals surface area contributed by atoms with Crippen LogP contribution >= 0.6 is 0 Å². The fourth-order valence-corrected chi connectivity index (χ4v) is 2.88. The first-order chi connectivity index (χ1) is 14.0. The van der Waals surface area contributed by atoms with Gasteiger partial charge in [-0.05, 0) is 48.9 Å². The molecule has 0 spiro atoms. The van der Waals surface area contributed by atoms with E-state index in [9.17, 15) is 19.5 Å². The summed E-state index contributed by atoms with van der Waals surface area (Å²) in [6, 6.07) is 21.9. The molecule has 0 heterocycles. The van der Waals surface area contributed by atoms with E-state index in [4.69, 9.17) is 0 Å². The summed E-state index contributed by atoms with van der Waals surface area (Å²) in [4.78, 5) is 36.1. The summed E-state index contributed by atoms with van der Waals surface area (Å²) in [5, 5.41) is 14.8. The minimum atomic E-state index is -1.17. The minimum absolute atomic E-state index is 0.0681. The Kier molecular flexibility index (Phi) is 6.04. The Morgan fingerprint density at radius 3 is 1.97 bits per heavy atom. The molecule has 6 nitrogen and oxygen atoms in total. The van der Waals surface area contributed by atoms with E-state index in [0.29, 0.717) is 11.3 Å². The SMILES string of the molecule is CC(NC(=O)c1ccc(NC(=O)c2ccccc2C(=O)O)cc1)c1ccccc1. The van der Waals surface area contributed by atoms with Gasteiger partial charge in [0.15, 0.2) is 0 Å². The summed E-state index contributed by atoms with van der Waals surface area (Å²) in [5.41, 5.74) is 1.91. The molecule has 3 N–H and O–H groups in total. The molecule has 0 aliphatic carbocycles. The third-order valence-corrected chi connectivity index (χ3v) is 4.45. The number of amides is 2. The number of carbonyl (C=O) groups excluding carboxylic acids is 2. The van der Waals surface area contributed by atoms with E-state index < -0.39 is 11.9 Å². The molecule has 0 bridgehead atoms. The van der Waals surface area contributed by atoms with Crippen LogP contribution < -0.4 is 10.6 Å². The maximum atomic E-state index is 12.4. The number of carboxylic acids is 1. The number of aromatic carboxylic acids is 1. The number of hydrogen-bond donors (Lipinski definition) is 3. The summed E-state index contributed by atoms with van der Waals surface area (Å²) in [5.74, 6) is -1.93. The van der Waals surface area contributed by atoms with Crippen LogP contribution in [0.25, 0.3) is 0 Å². The number of rotatable bonds is 6. The third-order valence-electron chi connectivity index (χ3n) is 4.45. The van der Waals surface area contributed by atoms with E-state index in [1.807, 2.05) is 37.3 Å². The topological polar surface area (TPSA) is 95.5 Å². The van der Waals surface area contributed by atoms with Crippen molar-refractivity contribution >= 4 is 23.5 Å². The first-order valence-electron chi connectivity index (χ1n) is 9.05. The second-order valence-electron chi connectivity index (χ2n) is 6.49. The molecule has 3 rings (SSSR count). The fraction of sp³-hybridized carbons (Fsp3) is 0.0870. The third kappa shape index (κ3) is 4.87. The first kappa shape index (κ1) is 19.8. The van der Waals surface area contributed by atoms with Gasteiger partial charge >= 0.3 is 5.97 Å². The Hall–Kier alpha value is -3.93. The summed E-state index contributed by atoms with van der Waals surface area (Å²) >= 11 is 0. The molecule has 0 fully saturated rings. The summed E-state index contributed by atoms with van der Waals surface area (Å²) < 4.78 is 0. The molecule has 0 radical (unpaired) electrons. The monoisotopic (exact) mass is 388 g/mol. The van der Waals surface area contributed by atoms with Crippen LogP contribution in [-0.4, -0.2) is 22.9 Å². The lowest BCUT2D eigenvalue weighted by atomic mass is 10.1. The number of benzene rings is 3. The van der Waals surface area contributed by atoms with Crippen LogP contribution in [0.2, 0.25) is 0 Å². The molecule has 6 heteroatoms. The van der Waals surface area contributed by atoms with Gasteiger partial charge in [-0.1, -0.05) is 42.5 Å². The second-order valence-corrected chi connectivity index (χ2v) is 6.49. The highest BCUT2D eigenvalue weighted by Gasteiger charge is 2.16. The quantitative estimate of drug-likeness (QED) is 0.592. The average molecular weight is 388 g/mol. The van der Waals surface area contributed by atoms with Gasteiger partial charge in [0.05, 0.1) is 17.2 Å². The summed E-state index contributed by atoms with van der Waals surface area (Å²) in [7, 11) is 0. The maximum Gasteiger partial charge on any atom is 0.336 e. The second kappa shape index (κ2) is 8.84. The Bertz CT molecular complexity index is 1030. The van der Waals surface area contributed by atoms with Crippen LogP contribution in [0, 0.1) is 0 Å². The molecular weight excluding hydrogens is 368 g/mol. The predicted molar refractivity (Wildman–Crippen MR) is 110 cm³/mol. The van der Waals surface area contributed by atoms with Crippen molar-refractivity contribution in [3.05, 3.63) is 101 Å². The number of hydrogen-bond acceptors (Lipinski definition) is 3. The van der Waals surface area contributed by atoms with Crippen molar-refractivity contribution in [3.63, 3.8) is 0 Å². The molecule has 2 amide bonds. The van der Waals surface area contributed by atoms with Gasteiger partial charge in [-0.3, -0.25) is 9.59 Å². The van der Waals surface area contributed by atoms with Gasteiger partial charge in [0.25, 0.3) is 11.8 Å². The van der Waals surface area contributed by atoms with E-state index in [-0.39, 0.29) is 23.1 Å². The van der Waals surface area contributed by atoms with Crippen molar-refractivity contribution in [2.24, 2.45) is 0 Å². The van der Waals surface area contributed by atoms with E-state index in [0.717, 1.165) is 5.56 Å². The molecule has 146 valence electrons. The molecule has 3 aromatic carbocycles. The fourth-order valence-electron chi connectivity index (χ4n) is 2.88. The zero-order chi connectivity index (χ0) is 20.8. The van der Waals surface area contributed by atoms with Crippen molar-refractivity contribution in [2.75, 3.05) is 5.32 Å². The molecular formula is C23H20N2O4. The molecule has 0 saturated heterocycles. The van der Waals surface area contributed by atoms with Gasteiger partial charge in [-0.25, -0.2) is 4.79 Å². The Labute approximate surface area is 168 Å². The first-order valence-corrected chi connectivity index (χ1v) is 9.05. The van der Waals surface area contributed by atoms with Crippen LogP contribution in [0.3, 0.4) is 0 Å². The van der Waals surface area contributed by atoms with Gasteiger partial charge in [0.1, 0.15) is 0 Å². The van der Waals surface area contributed by atoms with Crippen molar-refractivity contribution in [3.8, 4) is 0 Å². The minimum Gasteiger partial charge on any atom is -0.478 e. The normalized spacial score (nSPS) is 11.3. The van der Waals surface area contributed by atoms with Gasteiger partial charge < -0.3 is 15.7 Å². The number of carbonyl (C=O) groups is 3. The lowest BCUT2D eigenvalue weighted by Gasteiger charge is -2.14. The van der Waals surface area contributed by atoms with Crippen molar-refractivity contribution < 1.29 is 19.5 Å². The standard InChI is InChI=1S/C23H20N2O4/c1-15(16-7-3-2-4-8-16)24-21(26)17-11-13-18(14-12-17)25-22(27)19-9-5-6-10-20(19)23(28)29/h2-15H,1H3,(H,24,26)(H,25,27)(H,28,29). The molecule has 0 aliphatic rings. The van der Waals surface area contributed by atoms with Crippen LogP contribution in [0.4, 0.5) is 5.69 Å². The lowest BCUT2D eigenvalue weighted by Crippen LogP contribution is -2.26. The van der Waals surface area contributed by atoms with Crippen molar-refractivity contribution in [1.29, 1.82) is 0 Å². The van der Waals surface area contributed by atoms with Crippen LogP contribution in [0.5, 0.6) is 0 Å². The van der Waals surface area contributed by atoms with Crippen LogP contribution in [0.1, 0.15) is 49.6 Å². The zero-order valence-corrected chi connectivity index (χ0v) is 15.8. The zero-order valence-electron chi connectivity index (χ0n) is 15.8. The van der Waals surface area contributed by atoms with Gasteiger partial charge in [0.2, 0.25) is 0 Å². The van der Waals surface area contributed by atoms with Gasteiger partial charge in [-0.2, -0.15) is 0 Å². The van der Waals surface area contributed by atoms with Crippen LogP contribution in [0.15, 0.2) is 78.9 Å². The highest BCUT2D eigenvalue weighted by molar-refractivity contribution is 6.10. The molecule has 0 saturated carbocycles. The maximum absolute atomic E-state index is 12.4. The Morgan fingerprint density at radius 2 is 1.34 bits per heavy atom. The largest absolute Gasteiger partial charge is 0.478 e. The Morgan fingerprint density at radius 1 is 0.759 bits per heavy atom. The van der Waals surface area contributed by atoms with Crippen molar-refractivity contribution in [2.45, 2.75) is 13.0 Å². The van der Waals surface area contributed by atoms with E-state index >= 15 is 0 Å². The molecule has 0 aromatic heterocycles. The molecule has 0 aliphatic heterocycles. The highest BCUT2D eigenvalue weighted by atomic mass is 16.4. The number of carboxylic acid groups (broad SMARTS) is 1. The smallest absolute Gasteiger partial charge is 0.336 e. The molecule has 1 atom stereocenters. The molecule has 1 unspecified atom stereocenters. The van der Waals surface area contributed by atoms with E-state index in [1.54, 1.807) is 36.4 Å². The highest BCUT2D eigenvalue weighted by Crippen LogP contribution is 2.16. The van der Waals surface area contributed by atoms with Gasteiger partial charge in [0, 0.05) is 11.3 Å².